The van der Waals surface area contributed by atoms with Crippen LogP contribution in [0.3, 0.4) is 0 Å². The molecule has 5 heteroatoms. The molecule has 102 valence electrons. The van der Waals surface area contributed by atoms with Gasteiger partial charge in [0.2, 0.25) is 10.0 Å². The quantitative estimate of drug-likeness (QED) is 0.848. The minimum absolute atomic E-state index is 0.0766. The number of hydrogen-bond donors (Lipinski definition) is 0. The van der Waals surface area contributed by atoms with Crippen molar-refractivity contribution in [1.82, 2.24) is 4.31 Å². The Bertz CT molecular complexity index is 604. The van der Waals surface area contributed by atoms with Gasteiger partial charge < -0.3 is 0 Å². The molecule has 0 N–H and O–H groups in total. The number of sulfonamides is 1. The van der Waals surface area contributed by atoms with E-state index in [4.69, 9.17) is 0 Å². The topological polar surface area (TPSA) is 37.4 Å². The fourth-order valence-electron chi connectivity index (χ4n) is 1.83. The summed E-state index contributed by atoms with van der Waals surface area (Å²) in [5.41, 5.74) is 0. The molecule has 0 unspecified atom stereocenters. The van der Waals surface area contributed by atoms with E-state index in [2.05, 4.69) is 0 Å². The van der Waals surface area contributed by atoms with E-state index in [0.29, 0.717) is 11.4 Å². The summed E-state index contributed by atoms with van der Waals surface area (Å²) in [6.07, 6.45) is 0. The summed E-state index contributed by atoms with van der Waals surface area (Å²) in [5.74, 6) is 0. The number of thiophene rings is 1. The summed E-state index contributed by atoms with van der Waals surface area (Å²) in [6, 6.07) is 12.4. The summed E-state index contributed by atoms with van der Waals surface area (Å²) in [7, 11) is -3.44. The molecule has 0 radical (unpaired) electrons. The minimum atomic E-state index is -3.44. The van der Waals surface area contributed by atoms with Gasteiger partial charge in [0.05, 0.1) is 4.90 Å². The van der Waals surface area contributed by atoms with Gasteiger partial charge in [-0.05, 0) is 37.4 Å². The third-order valence-corrected chi connectivity index (χ3v) is 5.71. The van der Waals surface area contributed by atoms with Crippen LogP contribution in [0.15, 0.2) is 52.7 Å². The van der Waals surface area contributed by atoms with Crippen LogP contribution >= 0.6 is 11.3 Å². The van der Waals surface area contributed by atoms with Gasteiger partial charge in [-0.3, -0.25) is 0 Å². The van der Waals surface area contributed by atoms with Crippen molar-refractivity contribution in [2.45, 2.75) is 31.3 Å². The van der Waals surface area contributed by atoms with Crippen LogP contribution in [-0.2, 0) is 16.6 Å². The number of hydrogen-bond acceptors (Lipinski definition) is 3. The van der Waals surface area contributed by atoms with Crippen LogP contribution in [0.5, 0.6) is 0 Å². The number of rotatable bonds is 5. The Labute approximate surface area is 118 Å². The predicted octanol–water partition coefficient (Wildman–Crippen LogP) is 3.35. The number of nitrogens with zero attached hydrogens (tertiary/aromatic N) is 1. The Balaban J connectivity index is 2.34. The maximum Gasteiger partial charge on any atom is 0.243 e. The van der Waals surface area contributed by atoms with Gasteiger partial charge in [0.15, 0.2) is 0 Å². The summed E-state index contributed by atoms with van der Waals surface area (Å²) >= 11 is 1.57. The van der Waals surface area contributed by atoms with Crippen LogP contribution in [0.4, 0.5) is 0 Å². The van der Waals surface area contributed by atoms with Crippen LogP contribution in [0, 0.1) is 0 Å². The van der Waals surface area contributed by atoms with Gasteiger partial charge in [0, 0.05) is 17.5 Å². The average Bonchev–Trinajstić information content (AvgIpc) is 2.89. The largest absolute Gasteiger partial charge is 0.243 e. The second-order valence-electron chi connectivity index (χ2n) is 4.54. The van der Waals surface area contributed by atoms with E-state index in [1.165, 1.54) is 4.31 Å². The molecule has 1 aromatic carbocycles. The zero-order valence-electron chi connectivity index (χ0n) is 11.0. The van der Waals surface area contributed by atoms with E-state index in [0.717, 1.165) is 4.88 Å². The highest BCUT2D eigenvalue weighted by atomic mass is 32.2. The predicted molar refractivity (Wildman–Crippen MR) is 78.6 cm³/mol. The van der Waals surface area contributed by atoms with Gasteiger partial charge in [-0.25, -0.2) is 8.42 Å². The van der Waals surface area contributed by atoms with Gasteiger partial charge >= 0.3 is 0 Å². The fourth-order valence-corrected chi connectivity index (χ4v) is 4.25. The standard InChI is InChI=1S/C14H17NO2S2/c1-12(2)15(11-13-7-6-10-18-13)19(16,17)14-8-4-3-5-9-14/h3-10,12H,11H2,1-2H3. The molecule has 0 fully saturated rings. The first-order valence-corrected chi connectivity index (χ1v) is 8.43. The van der Waals surface area contributed by atoms with Crippen molar-refractivity contribution < 1.29 is 8.42 Å². The van der Waals surface area contributed by atoms with Crippen molar-refractivity contribution in [2.75, 3.05) is 0 Å². The summed E-state index contributed by atoms with van der Waals surface area (Å²) in [5, 5.41) is 1.96. The minimum Gasteiger partial charge on any atom is -0.207 e. The lowest BCUT2D eigenvalue weighted by Gasteiger charge is -2.25. The van der Waals surface area contributed by atoms with E-state index in [1.807, 2.05) is 37.4 Å². The van der Waals surface area contributed by atoms with Gasteiger partial charge in [-0.2, -0.15) is 4.31 Å². The van der Waals surface area contributed by atoms with E-state index in [1.54, 1.807) is 35.6 Å². The van der Waals surface area contributed by atoms with Crippen LogP contribution in [0.2, 0.25) is 0 Å². The third-order valence-electron chi connectivity index (χ3n) is 2.82. The van der Waals surface area contributed by atoms with Gasteiger partial charge in [0.1, 0.15) is 0 Å². The first kappa shape index (κ1) is 14.2. The van der Waals surface area contributed by atoms with Crippen molar-refractivity contribution >= 4 is 21.4 Å². The van der Waals surface area contributed by atoms with Crippen molar-refractivity contribution in [1.29, 1.82) is 0 Å². The van der Waals surface area contributed by atoms with Crippen molar-refractivity contribution in [2.24, 2.45) is 0 Å². The van der Waals surface area contributed by atoms with Crippen molar-refractivity contribution in [3.05, 3.63) is 52.7 Å². The first-order chi connectivity index (χ1) is 9.01. The smallest absolute Gasteiger partial charge is 0.207 e. The lowest BCUT2D eigenvalue weighted by molar-refractivity contribution is 0.350. The molecule has 1 aromatic heterocycles. The van der Waals surface area contributed by atoms with Crippen LogP contribution in [0.1, 0.15) is 18.7 Å². The molecular weight excluding hydrogens is 278 g/mol. The molecule has 0 bridgehead atoms. The zero-order chi connectivity index (χ0) is 13.9. The van der Waals surface area contributed by atoms with Crippen molar-refractivity contribution in [3.8, 4) is 0 Å². The van der Waals surface area contributed by atoms with Crippen molar-refractivity contribution in [3.63, 3.8) is 0 Å². The molecule has 2 rings (SSSR count). The third kappa shape index (κ3) is 3.23. The SMILES string of the molecule is CC(C)N(Cc1cccs1)S(=O)(=O)c1ccccc1. The molecule has 0 atom stereocenters. The highest BCUT2D eigenvalue weighted by Gasteiger charge is 2.27. The number of benzene rings is 1. The Hall–Kier alpha value is -1.17. The van der Waals surface area contributed by atoms with E-state index < -0.39 is 10.0 Å². The first-order valence-electron chi connectivity index (χ1n) is 6.11. The fraction of sp³-hybridized carbons (Fsp3) is 0.286. The van der Waals surface area contributed by atoms with Crippen LogP contribution in [-0.4, -0.2) is 18.8 Å². The second kappa shape index (κ2) is 5.86. The Morgan fingerprint density at radius 3 is 2.32 bits per heavy atom. The highest BCUT2D eigenvalue weighted by Crippen LogP contribution is 2.22. The second-order valence-corrected chi connectivity index (χ2v) is 7.46. The lowest BCUT2D eigenvalue weighted by atomic mass is 10.4. The van der Waals surface area contributed by atoms with Gasteiger partial charge in [0.25, 0.3) is 0 Å². The molecule has 0 aliphatic carbocycles. The van der Waals surface area contributed by atoms with Gasteiger partial charge in [-0.15, -0.1) is 11.3 Å². The molecule has 19 heavy (non-hydrogen) atoms. The Kier molecular flexibility index (Phi) is 4.39. The van der Waals surface area contributed by atoms with Crippen LogP contribution in [0.25, 0.3) is 0 Å². The zero-order valence-corrected chi connectivity index (χ0v) is 12.6. The Morgan fingerprint density at radius 1 is 1.11 bits per heavy atom. The molecule has 0 aliphatic heterocycles. The lowest BCUT2D eigenvalue weighted by Crippen LogP contribution is -2.36. The molecule has 0 spiro atoms. The Morgan fingerprint density at radius 2 is 1.79 bits per heavy atom. The summed E-state index contributed by atoms with van der Waals surface area (Å²) in [4.78, 5) is 1.40. The van der Waals surface area contributed by atoms with Crippen LogP contribution < -0.4 is 0 Å². The monoisotopic (exact) mass is 295 g/mol. The normalized spacial score (nSPS) is 12.2. The molecule has 1 heterocycles. The van der Waals surface area contributed by atoms with Gasteiger partial charge in [-0.1, -0.05) is 24.3 Å². The molecule has 3 nitrogen and oxygen atoms in total. The van der Waals surface area contributed by atoms with E-state index in [9.17, 15) is 8.42 Å². The highest BCUT2D eigenvalue weighted by molar-refractivity contribution is 7.89. The molecular formula is C14H17NO2S2. The maximum absolute atomic E-state index is 12.6. The van der Waals surface area contributed by atoms with E-state index in [-0.39, 0.29) is 6.04 Å². The van der Waals surface area contributed by atoms with E-state index >= 15 is 0 Å². The maximum atomic E-state index is 12.6. The molecule has 2 aromatic rings. The molecule has 0 saturated carbocycles. The summed E-state index contributed by atoms with van der Waals surface area (Å²) in [6.45, 7) is 4.22. The summed E-state index contributed by atoms with van der Waals surface area (Å²) < 4.78 is 26.8. The molecule has 0 aliphatic rings. The average molecular weight is 295 g/mol. The molecule has 0 saturated heterocycles. The molecule has 0 amide bonds.